The molecule has 3 N–H and O–H groups in total. The van der Waals surface area contributed by atoms with Crippen molar-refractivity contribution in [1.29, 1.82) is 0 Å². The van der Waals surface area contributed by atoms with E-state index in [9.17, 15) is 9.50 Å². The molecule has 14 heavy (non-hydrogen) atoms. The van der Waals surface area contributed by atoms with Gasteiger partial charge in [0.1, 0.15) is 0 Å². The number of rotatable bonds is 3. The van der Waals surface area contributed by atoms with Gasteiger partial charge in [-0.05, 0) is 12.1 Å². The Balaban J connectivity index is 3.24. The molecule has 78 valence electrons. The second kappa shape index (κ2) is 4.59. The molecule has 1 aromatic carbocycles. The zero-order valence-electron chi connectivity index (χ0n) is 7.63. The Labute approximate surface area is 86.2 Å². The van der Waals surface area contributed by atoms with Crippen molar-refractivity contribution in [3.63, 3.8) is 0 Å². The molecule has 0 aliphatic rings. The van der Waals surface area contributed by atoms with Gasteiger partial charge in [0, 0.05) is 17.1 Å². The Bertz CT molecular complexity index is 333. The Morgan fingerprint density at radius 2 is 2.29 bits per heavy atom. The highest BCUT2D eigenvalue weighted by Gasteiger charge is 2.16. The van der Waals surface area contributed by atoms with E-state index in [1.807, 2.05) is 0 Å². The van der Waals surface area contributed by atoms with Crippen molar-refractivity contribution in [3.05, 3.63) is 28.5 Å². The monoisotopic (exact) mass is 219 g/mol. The molecule has 0 heterocycles. The maximum Gasteiger partial charge on any atom is 0.166 e. The van der Waals surface area contributed by atoms with E-state index in [1.165, 1.54) is 13.2 Å². The summed E-state index contributed by atoms with van der Waals surface area (Å²) in [5.41, 5.74) is 5.52. The van der Waals surface area contributed by atoms with Crippen molar-refractivity contribution in [1.82, 2.24) is 0 Å². The predicted octanol–water partition coefficient (Wildman–Crippen LogP) is 1.48. The average molecular weight is 220 g/mol. The first kappa shape index (κ1) is 11.2. The van der Waals surface area contributed by atoms with Crippen LogP contribution >= 0.6 is 11.6 Å². The zero-order valence-corrected chi connectivity index (χ0v) is 8.38. The minimum absolute atomic E-state index is 0.0177. The lowest BCUT2D eigenvalue weighted by Gasteiger charge is -2.13. The average Bonchev–Trinajstić information content (AvgIpc) is 2.15. The minimum Gasteiger partial charge on any atom is -0.493 e. The zero-order chi connectivity index (χ0) is 10.7. The number of aliphatic hydroxyl groups excluding tert-OH is 1. The largest absolute Gasteiger partial charge is 0.493 e. The third-order valence-electron chi connectivity index (χ3n) is 1.82. The summed E-state index contributed by atoms with van der Waals surface area (Å²) in [6.45, 7) is -0.0177. The van der Waals surface area contributed by atoms with Crippen molar-refractivity contribution in [2.45, 2.75) is 6.10 Å². The van der Waals surface area contributed by atoms with Crippen molar-refractivity contribution in [3.8, 4) is 5.75 Å². The SMILES string of the molecule is COc1c(F)cc(Cl)cc1C(O)CN. The van der Waals surface area contributed by atoms with Crippen LogP contribution in [0.1, 0.15) is 11.7 Å². The molecule has 0 spiro atoms. The third kappa shape index (κ3) is 2.15. The lowest BCUT2D eigenvalue weighted by molar-refractivity contribution is 0.181. The molecular weight excluding hydrogens is 209 g/mol. The highest BCUT2D eigenvalue weighted by Crippen LogP contribution is 2.30. The molecule has 0 saturated carbocycles. The molecule has 1 aromatic rings. The van der Waals surface area contributed by atoms with Crippen molar-refractivity contribution in [2.24, 2.45) is 5.73 Å². The Hall–Kier alpha value is -0.840. The topological polar surface area (TPSA) is 55.5 Å². The van der Waals surface area contributed by atoms with Crippen LogP contribution in [0.2, 0.25) is 5.02 Å². The summed E-state index contributed by atoms with van der Waals surface area (Å²) in [4.78, 5) is 0. The smallest absolute Gasteiger partial charge is 0.166 e. The molecule has 0 bridgehead atoms. The maximum atomic E-state index is 13.2. The van der Waals surface area contributed by atoms with Crippen molar-refractivity contribution in [2.75, 3.05) is 13.7 Å². The molecule has 1 atom stereocenters. The number of ether oxygens (including phenoxy) is 1. The van der Waals surface area contributed by atoms with Gasteiger partial charge in [0.2, 0.25) is 0 Å². The molecule has 0 aromatic heterocycles. The number of methoxy groups -OCH3 is 1. The fourth-order valence-electron chi connectivity index (χ4n) is 1.17. The van der Waals surface area contributed by atoms with Crippen LogP contribution in [0.25, 0.3) is 0 Å². The Kier molecular flexibility index (Phi) is 3.69. The first-order valence-electron chi connectivity index (χ1n) is 4.01. The number of hydrogen-bond acceptors (Lipinski definition) is 3. The Morgan fingerprint density at radius 1 is 1.64 bits per heavy atom. The van der Waals surface area contributed by atoms with Gasteiger partial charge in [-0.15, -0.1) is 0 Å². The van der Waals surface area contributed by atoms with Gasteiger partial charge in [0.25, 0.3) is 0 Å². The minimum atomic E-state index is -0.974. The number of hydrogen-bond donors (Lipinski definition) is 2. The second-order valence-electron chi connectivity index (χ2n) is 2.76. The van der Waals surface area contributed by atoms with E-state index in [0.717, 1.165) is 6.07 Å². The molecule has 0 fully saturated rings. The summed E-state index contributed by atoms with van der Waals surface area (Å²) in [6, 6.07) is 2.55. The molecule has 1 rings (SSSR count). The van der Waals surface area contributed by atoms with Gasteiger partial charge >= 0.3 is 0 Å². The van der Waals surface area contributed by atoms with E-state index in [4.69, 9.17) is 22.1 Å². The van der Waals surface area contributed by atoms with E-state index in [2.05, 4.69) is 0 Å². The van der Waals surface area contributed by atoms with Gasteiger partial charge in [-0.1, -0.05) is 11.6 Å². The van der Waals surface area contributed by atoms with E-state index in [-0.39, 0.29) is 22.9 Å². The maximum absolute atomic E-state index is 13.2. The van der Waals surface area contributed by atoms with Gasteiger partial charge in [0.05, 0.1) is 13.2 Å². The molecule has 5 heteroatoms. The van der Waals surface area contributed by atoms with Crippen molar-refractivity contribution >= 4 is 11.6 Å². The summed E-state index contributed by atoms with van der Waals surface area (Å²) in [5, 5.41) is 9.66. The quantitative estimate of drug-likeness (QED) is 0.810. The van der Waals surface area contributed by atoms with E-state index in [1.54, 1.807) is 0 Å². The van der Waals surface area contributed by atoms with Crippen LogP contribution < -0.4 is 10.5 Å². The fraction of sp³-hybridized carbons (Fsp3) is 0.333. The highest BCUT2D eigenvalue weighted by molar-refractivity contribution is 6.30. The molecule has 1 unspecified atom stereocenters. The molecule has 0 radical (unpaired) electrons. The summed E-state index contributed by atoms with van der Waals surface area (Å²) in [6.07, 6.45) is -0.974. The first-order chi connectivity index (χ1) is 6.60. The van der Waals surface area contributed by atoms with Crippen LogP contribution in [0, 0.1) is 5.82 Å². The van der Waals surface area contributed by atoms with Crippen LogP contribution in [0.3, 0.4) is 0 Å². The third-order valence-corrected chi connectivity index (χ3v) is 2.04. The number of nitrogens with two attached hydrogens (primary N) is 1. The molecule has 0 aliphatic heterocycles. The van der Waals surface area contributed by atoms with Crippen LogP contribution in [-0.4, -0.2) is 18.8 Å². The van der Waals surface area contributed by atoms with Crippen LogP contribution in [-0.2, 0) is 0 Å². The Morgan fingerprint density at radius 3 is 2.79 bits per heavy atom. The number of benzene rings is 1. The summed E-state index contributed by atoms with van der Waals surface area (Å²) in [5.74, 6) is -0.630. The van der Waals surface area contributed by atoms with Crippen LogP contribution in [0.15, 0.2) is 12.1 Å². The van der Waals surface area contributed by atoms with Gasteiger partial charge in [0.15, 0.2) is 11.6 Å². The molecular formula is C9H11ClFNO2. The van der Waals surface area contributed by atoms with Gasteiger partial charge in [-0.3, -0.25) is 0 Å². The molecule has 0 saturated heterocycles. The van der Waals surface area contributed by atoms with Gasteiger partial charge < -0.3 is 15.6 Å². The fourth-order valence-corrected chi connectivity index (χ4v) is 1.38. The predicted molar refractivity (Wildman–Crippen MR) is 52.0 cm³/mol. The van der Waals surface area contributed by atoms with Gasteiger partial charge in [-0.25, -0.2) is 4.39 Å². The van der Waals surface area contributed by atoms with E-state index >= 15 is 0 Å². The number of aliphatic hydroxyl groups is 1. The number of halogens is 2. The summed E-state index contributed by atoms with van der Waals surface area (Å²) in [7, 11) is 1.32. The van der Waals surface area contributed by atoms with Crippen molar-refractivity contribution < 1.29 is 14.2 Å². The standard InChI is InChI=1S/C9H11ClFNO2/c1-14-9-6(8(13)4-12)2-5(10)3-7(9)11/h2-3,8,13H,4,12H2,1H3. The summed E-state index contributed by atoms with van der Waals surface area (Å²) >= 11 is 5.63. The van der Waals surface area contributed by atoms with Gasteiger partial charge in [-0.2, -0.15) is 0 Å². The van der Waals surface area contributed by atoms with E-state index < -0.39 is 11.9 Å². The molecule has 3 nitrogen and oxygen atoms in total. The first-order valence-corrected chi connectivity index (χ1v) is 4.39. The van der Waals surface area contributed by atoms with E-state index in [0.29, 0.717) is 0 Å². The van der Waals surface area contributed by atoms with Crippen LogP contribution in [0.5, 0.6) is 5.75 Å². The normalized spacial score (nSPS) is 12.6. The molecule has 0 aliphatic carbocycles. The lowest BCUT2D eigenvalue weighted by Crippen LogP contribution is -2.13. The van der Waals surface area contributed by atoms with Crippen LogP contribution in [0.4, 0.5) is 4.39 Å². The lowest BCUT2D eigenvalue weighted by atomic mass is 10.1. The highest BCUT2D eigenvalue weighted by atomic mass is 35.5. The molecule has 0 amide bonds. The second-order valence-corrected chi connectivity index (χ2v) is 3.20. The summed E-state index contributed by atoms with van der Waals surface area (Å²) < 4.78 is 18.1.